The van der Waals surface area contributed by atoms with E-state index in [4.69, 9.17) is 5.73 Å². The number of carbonyl (C=O) groups is 1. The van der Waals surface area contributed by atoms with Gasteiger partial charge in [-0.2, -0.15) is 4.98 Å². The highest BCUT2D eigenvalue weighted by Gasteiger charge is 2.40. The summed E-state index contributed by atoms with van der Waals surface area (Å²) in [5.74, 6) is 0.287. The van der Waals surface area contributed by atoms with Crippen molar-refractivity contribution in [3.05, 3.63) is 41.3 Å². The standard InChI is InChI=1S/C21H27FN6O/c1-13-5-4-6-17(22)18(13)27-12-14-11-24-20(23)25-19(14)28(21(27)29)16-9-7-15(8-10-16)26(2)3/h4-6,11,15-16H,7-10,12H2,1-3H3,(H2,23,24,25)/t15-,16+. The van der Waals surface area contributed by atoms with Crippen molar-refractivity contribution in [1.29, 1.82) is 0 Å². The van der Waals surface area contributed by atoms with Gasteiger partial charge in [-0.15, -0.1) is 0 Å². The summed E-state index contributed by atoms with van der Waals surface area (Å²) in [6.07, 6.45) is 5.36. The van der Waals surface area contributed by atoms with Crippen LogP contribution >= 0.6 is 0 Å². The molecular formula is C21H27FN6O. The third-order valence-electron chi connectivity index (χ3n) is 6.07. The number of benzene rings is 1. The van der Waals surface area contributed by atoms with Gasteiger partial charge in [0.1, 0.15) is 11.6 Å². The molecule has 0 spiro atoms. The Kier molecular flexibility index (Phi) is 5.12. The number of para-hydroxylation sites is 1. The molecule has 1 aliphatic heterocycles. The van der Waals surface area contributed by atoms with Gasteiger partial charge in [0.2, 0.25) is 5.95 Å². The minimum atomic E-state index is -0.408. The zero-order valence-corrected chi connectivity index (χ0v) is 17.1. The van der Waals surface area contributed by atoms with Crippen LogP contribution in [-0.2, 0) is 6.54 Å². The van der Waals surface area contributed by atoms with E-state index in [1.54, 1.807) is 17.2 Å². The maximum absolute atomic E-state index is 14.7. The average Bonchev–Trinajstić information content (AvgIpc) is 2.68. The predicted octanol–water partition coefficient (Wildman–Crippen LogP) is 3.33. The highest BCUT2D eigenvalue weighted by molar-refractivity contribution is 6.06. The molecule has 2 aliphatic rings. The second kappa shape index (κ2) is 7.59. The van der Waals surface area contributed by atoms with Gasteiger partial charge >= 0.3 is 6.03 Å². The molecule has 1 aliphatic carbocycles. The zero-order valence-electron chi connectivity index (χ0n) is 17.1. The molecule has 0 atom stereocenters. The third kappa shape index (κ3) is 3.53. The molecular weight excluding hydrogens is 371 g/mol. The van der Waals surface area contributed by atoms with Crippen molar-refractivity contribution in [2.24, 2.45) is 0 Å². The number of fused-ring (bicyclic) bond motifs is 1. The van der Waals surface area contributed by atoms with E-state index in [2.05, 4.69) is 29.0 Å². The largest absolute Gasteiger partial charge is 0.368 e. The number of hydrogen-bond acceptors (Lipinski definition) is 5. The number of aromatic nitrogens is 2. The number of halogens is 1. The van der Waals surface area contributed by atoms with E-state index in [0.717, 1.165) is 36.8 Å². The number of anilines is 3. The molecule has 8 heteroatoms. The first-order chi connectivity index (χ1) is 13.9. The Morgan fingerprint density at radius 3 is 2.59 bits per heavy atom. The van der Waals surface area contributed by atoms with Crippen LogP contribution in [0.25, 0.3) is 0 Å². The topological polar surface area (TPSA) is 78.6 Å². The fraction of sp³-hybridized carbons (Fsp3) is 0.476. The van der Waals surface area contributed by atoms with Gasteiger partial charge < -0.3 is 10.6 Å². The number of nitrogens with two attached hydrogens (primary N) is 1. The summed E-state index contributed by atoms with van der Waals surface area (Å²) in [6, 6.07) is 5.11. The van der Waals surface area contributed by atoms with E-state index in [0.29, 0.717) is 17.5 Å². The highest BCUT2D eigenvalue weighted by Crippen LogP contribution is 2.37. The number of nitrogen functional groups attached to an aromatic ring is 1. The third-order valence-corrected chi connectivity index (χ3v) is 6.07. The van der Waals surface area contributed by atoms with Crippen LogP contribution in [0.15, 0.2) is 24.4 Å². The van der Waals surface area contributed by atoms with Crippen LogP contribution in [-0.4, -0.2) is 47.1 Å². The fourth-order valence-corrected chi connectivity index (χ4v) is 4.49. The molecule has 1 aromatic carbocycles. The minimum absolute atomic E-state index is 0.00151. The normalized spacial score (nSPS) is 22.2. The predicted molar refractivity (Wildman–Crippen MR) is 111 cm³/mol. The van der Waals surface area contributed by atoms with Gasteiger partial charge in [0.05, 0.1) is 12.2 Å². The van der Waals surface area contributed by atoms with Gasteiger partial charge in [0.15, 0.2) is 0 Å². The Hall–Kier alpha value is -2.74. The summed E-state index contributed by atoms with van der Waals surface area (Å²) < 4.78 is 14.7. The Morgan fingerprint density at radius 2 is 1.93 bits per heavy atom. The van der Waals surface area contributed by atoms with Gasteiger partial charge in [0, 0.05) is 23.8 Å². The Bertz CT molecular complexity index is 905. The molecule has 2 aromatic rings. The molecule has 1 saturated carbocycles. The van der Waals surface area contributed by atoms with Crippen LogP contribution in [0, 0.1) is 12.7 Å². The summed E-state index contributed by atoms with van der Waals surface area (Å²) in [6.45, 7) is 2.03. The Morgan fingerprint density at radius 1 is 1.21 bits per heavy atom. The zero-order chi connectivity index (χ0) is 20.7. The first kappa shape index (κ1) is 19.6. The molecule has 7 nitrogen and oxygen atoms in total. The van der Waals surface area contributed by atoms with Crippen LogP contribution in [0.2, 0.25) is 0 Å². The molecule has 2 heterocycles. The molecule has 154 valence electrons. The van der Waals surface area contributed by atoms with Crippen molar-refractivity contribution in [2.45, 2.75) is 51.2 Å². The van der Waals surface area contributed by atoms with Gasteiger partial charge in [-0.05, 0) is 58.3 Å². The number of rotatable bonds is 3. The Balaban J connectivity index is 1.73. The summed E-state index contributed by atoms with van der Waals surface area (Å²) >= 11 is 0. The first-order valence-corrected chi connectivity index (χ1v) is 10.0. The van der Waals surface area contributed by atoms with E-state index in [9.17, 15) is 9.18 Å². The smallest absolute Gasteiger partial charge is 0.330 e. The van der Waals surface area contributed by atoms with Gasteiger partial charge in [0.25, 0.3) is 0 Å². The van der Waals surface area contributed by atoms with Crippen LogP contribution in [0.4, 0.5) is 26.6 Å². The Labute approximate surface area is 170 Å². The number of amides is 2. The average molecular weight is 398 g/mol. The molecule has 29 heavy (non-hydrogen) atoms. The summed E-state index contributed by atoms with van der Waals surface area (Å²) in [5, 5.41) is 0. The van der Waals surface area contributed by atoms with Crippen molar-refractivity contribution in [3.63, 3.8) is 0 Å². The van der Waals surface area contributed by atoms with E-state index < -0.39 is 5.82 Å². The molecule has 2 N–H and O–H groups in total. The molecule has 0 saturated heterocycles. The number of carbonyl (C=O) groups excluding carboxylic acids is 1. The van der Waals surface area contributed by atoms with E-state index in [1.165, 1.54) is 11.0 Å². The lowest BCUT2D eigenvalue weighted by Crippen LogP contribution is -2.54. The van der Waals surface area contributed by atoms with Gasteiger partial charge in [-0.3, -0.25) is 9.80 Å². The molecule has 0 radical (unpaired) electrons. The molecule has 1 aromatic heterocycles. The fourth-order valence-electron chi connectivity index (χ4n) is 4.49. The monoisotopic (exact) mass is 398 g/mol. The SMILES string of the molecule is Cc1cccc(F)c1N1Cc2cnc(N)nc2N([C@H]2CC[C@@H](N(C)C)CC2)C1=O. The van der Waals surface area contributed by atoms with Crippen LogP contribution < -0.4 is 15.5 Å². The van der Waals surface area contributed by atoms with Crippen molar-refractivity contribution >= 4 is 23.5 Å². The minimum Gasteiger partial charge on any atom is -0.368 e. The van der Waals surface area contributed by atoms with Gasteiger partial charge in [-0.25, -0.2) is 14.2 Å². The summed E-state index contributed by atoms with van der Waals surface area (Å²) in [4.78, 5) is 27.5. The molecule has 2 amide bonds. The molecule has 0 bridgehead atoms. The van der Waals surface area contributed by atoms with Gasteiger partial charge in [-0.1, -0.05) is 12.1 Å². The quantitative estimate of drug-likeness (QED) is 0.858. The number of nitrogens with zero attached hydrogens (tertiary/aromatic N) is 5. The maximum atomic E-state index is 14.7. The van der Waals surface area contributed by atoms with Crippen LogP contribution in [0.5, 0.6) is 0 Å². The number of aryl methyl sites for hydroxylation is 1. The lowest BCUT2D eigenvalue weighted by Gasteiger charge is -2.43. The first-order valence-electron chi connectivity index (χ1n) is 10.0. The molecule has 4 rings (SSSR count). The van der Waals surface area contributed by atoms with Crippen molar-refractivity contribution in [3.8, 4) is 0 Å². The van der Waals surface area contributed by atoms with E-state index in [1.807, 2.05) is 13.0 Å². The summed E-state index contributed by atoms with van der Waals surface area (Å²) in [7, 11) is 4.17. The van der Waals surface area contributed by atoms with Crippen molar-refractivity contribution in [1.82, 2.24) is 14.9 Å². The van der Waals surface area contributed by atoms with Crippen LogP contribution in [0.3, 0.4) is 0 Å². The lowest BCUT2D eigenvalue weighted by atomic mass is 9.89. The number of hydrogen-bond donors (Lipinski definition) is 1. The van der Waals surface area contributed by atoms with Crippen molar-refractivity contribution < 1.29 is 9.18 Å². The molecule has 1 fully saturated rings. The summed E-state index contributed by atoms with van der Waals surface area (Å²) in [5.41, 5.74) is 7.64. The second-order valence-electron chi connectivity index (χ2n) is 8.15. The second-order valence-corrected chi connectivity index (χ2v) is 8.15. The molecule has 0 unspecified atom stereocenters. The van der Waals surface area contributed by atoms with E-state index in [-0.39, 0.29) is 24.6 Å². The number of urea groups is 1. The lowest BCUT2D eigenvalue weighted by molar-refractivity contribution is 0.208. The maximum Gasteiger partial charge on any atom is 0.330 e. The van der Waals surface area contributed by atoms with Crippen LogP contribution in [0.1, 0.15) is 36.8 Å². The van der Waals surface area contributed by atoms with E-state index >= 15 is 0 Å². The highest BCUT2D eigenvalue weighted by atomic mass is 19.1. The van der Waals surface area contributed by atoms with Crippen molar-refractivity contribution in [2.75, 3.05) is 29.6 Å².